The number of carbonyl (C=O) groups excluding carboxylic acids is 4. The van der Waals surface area contributed by atoms with Gasteiger partial charge >= 0.3 is 12.0 Å². The van der Waals surface area contributed by atoms with Gasteiger partial charge in [0.25, 0.3) is 5.91 Å². The van der Waals surface area contributed by atoms with Gasteiger partial charge in [-0.15, -0.1) is 0 Å². The average Bonchev–Trinajstić information content (AvgIpc) is 3.11. The summed E-state index contributed by atoms with van der Waals surface area (Å²) in [7, 11) is 0. The number of hydrogen-bond acceptors (Lipinski definition) is 5. The molecule has 7 nitrogen and oxygen atoms in total. The SMILES string of the molecule is CC(C)CCNC(=O)NC(=O)COC(=O)CCC(=O)c1ccc2c(c1)CCC2. The molecule has 7 heteroatoms. The van der Waals surface area contributed by atoms with E-state index >= 15 is 0 Å². The number of benzene rings is 1. The number of Topliss-reactive ketones (excluding diaryl/α,β-unsaturated/α-hetero) is 1. The number of ether oxygens (including phenoxy) is 1. The van der Waals surface area contributed by atoms with Crippen LogP contribution in [0.3, 0.4) is 0 Å². The molecule has 0 fully saturated rings. The first-order valence-corrected chi connectivity index (χ1v) is 9.73. The first kappa shape index (κ1) is 21.6. The summed E-state index contributed by atoms with van der Waals surface area (Å²) in [5.41, 5.74) is 3.09. The molecule has 0 heterocycles. The van der Waals surface area contributed by atoms with E-state index in [1.165, 1.54) is 11.1 Å². The normalized spacial score (nSPS) is 12.4. The summed E-state index contributed by atoms with van der Waals surface area (Å²) < 4.78 is 4.82. The Bertz CT molecular complexity index is 742. The summed E-state index contributed by atoms with van der Waals surface area (Å²) in [5, 5.41) is 4.64. The lowest BCUT2D eigenvalue weighted by Gasteiger charge is -2.08. The number of aryl methyl sites for hydroxylation is 2. The number of hydrogen-bond donors (Lipinski definition) is 2. The molecule has 0 aliphatic heterocycles. The van der Waals surface area contributed by atoms with Gasteiger partial charge in [-0.25, -0.2) is 4.79 Å². The molecule has 0 radical (unpaired) electrons. The van der Waals surface area contributed by atoms with Crippen molar-refractivity contribution in [3.05, 3.63) is 34.9 Å². The number of amides is 3. The number of rotatable bonds is 9. The summed E-state index contributed by atoms with van der Waals surface area (Å²) in [6, 6.07) is 5.06. The van der Waals surface area contributed by atoms with E-state index in [0.717, 1.165) is 25.7 Å². The largest absolute Gasteiger partial charge is 0.456 e. The van der Waals surface area contributed by atoms with E-state index in [1.807, 2.05) is 26.0 Å². The maximum absolute atomic E-state index is 12.2. The topological polar surface area (TPSA) is 102 Å². The molecular formula is C21H28N2O5. The fraction of sp³-hybridized carbons (Fsp3) is 0.524. The third-order valence-corrected chi connectivity index (χ3v) is 4.60. The van der Waals surface area contributed by atoms with Gasteiger partial charge in [-0.2, -0.15) is 0 Å². The second kappa shape index (κ2) is 10.6. The Morgan fingerprint density at radius 2 is 1.82 bits per heavy atom. The zero-order chi connectivity index (χ0) is 20.5. The van der Waals surface area contributed by atoms with Crippen molar-refractivity contribution in [1.29, 1.82) is 0 Å². The van der Waals surface area contributed by atoms with E-state index in [2.05, 4.69) is 10.6 Å². The van der Waals surface area contributed by atoms with E-state index in [1.54, 1.807) is 6.07 Å². The van der Waals surface area contributed by atoms with Gasteiger partial charge in [0.05, 0.1) is 6.42 Å². The molecule has 152 valence electrons. The van der Waals surface area contributed by atoms with Gasteiger partial charge in [-0.3, -0.25) is 19.7 Å². The van der Waals surface area contributed by atoms with Crippen LogP contribution in [0.15, 0.2) is 18.2 Å². The molecule has 0 bridgehead atoms. The Labute approximate surface area is 165 Å². The highest BCUT2D eigenvalue weighted by Gasteiger charge is 2.16. The summed E-state index contributed by atoms with van der Waals surface area (Å²) in [5.74, 6) is -1.04. The van der Waals surface area contributed by atoms with Crippen LogP contribution in [-0.4, -0.2) is 36.8 Å². The van der Waals surface area contributed by atoms with E-state index in [0.29, 0.717) is 18.0 Å². The fourth-order valence-corrected chi connectivity index (χ4v) is 3.00. The van der Waals surface area contributed by atoms with E-state index < -0.39 is 24.5 Å². The molecule has 2 rings (SSSR count). The van der Waals surface area contributed by atoms with Crippen LogP contribution in [0, 0.1) is 5.92 Å². The van der Waals surface area contributed by atoms with Crippen molar-refractivity contribution in [2.24, 2.45) is 5.92 Å². The number of urea groups is 1. The predicted molar refractivity (Wildman–Crippen MR) is 104 cm³/mol. The van der Waals surface area contributed by atoms with Gasteiger partial charge in [-0.05, 0) is 48.8 Å². The standard InChI is InChI=1S/C21H28N2O5/c1-14(2)10-11-22-21(27)23-19(25)13-28-20(26)9-8-18(24)17-7-6-15-4-3-5-16(15)12-17/h6-7,12,14H,3-5,8-11,13H2,1-2H3,(H2,22,23,25,27). The van der Waals surface area contributed by atoms with Crippen molar-refractivity contribution in [3.63, 3.8) is 0 Å². The third-order valence-electron chi connectivity index (χ3n) is 4.60. The molecule has 2 N–H and O–H groups in total. The number of carbonyl (C=O) groups is 4. The Morgan fingerprint density at radius 3 is 2.57 bits per heavy atom. The molecule has 0 atom stereocenters. The van der Waals surface area contributed by atoms with Gasteiger partial charge in [0.1, 0.15) is 0 Å². The lowest BCUT2D eigenvalue weighted by Crippen LogP contribution is -2.42. The minimum atomic E-state index is -0.708. The Hall–Kier alpha value is -2.70. The summed E-state index contributed by atoms with van der Waals surface area (Å²) in [4.78, 5) is 47.1. The van der Waals surface area contributed by atoms with Gasteiger partial charge < -0.3 is 10.1 Å². The van der Waals surface area contributed by atoms with Gasteiger partial charge in [-0.1, -0.05) is 26.0 Å². The molecule has 28 heavy (non-hydrogen) atoms. The molecule has 1 aliphatic carbocycles. The Morgan fingerprint density at radius 1 is 1.07 bits per heavy atom. The number of fused-ring (bicyclic) bond motifs is 1. The lowest BCUT2D eigenvalue weighted by molar-refractivity contribution is -0.148. The summed E-state index contributed by atoms with van der Waals surface area (Å²) >= 11 is 0. The predicted octanol–water partition coefficient (Wildman–Crippen LogP) is 2.55. The van der Waals surface area contributed by atoms with Crippen LogP contribution in [-0.2, 0) is 27.2 Å². The van der Waals surface area contributed by atoms with Crippen molar-refractivity contribution in [2.75, 3.05) is 13.2 Å². The third kappa shape index (κ3) is 7.13. The van der Waals surface area contributed by atoms with Crippen LogP contribution in [0.2, 0.25) is 0 Å². The molecule has 0 spiro atoms. The molecule has 1 aromatic carbocycles. The van der Waals surface area contributed by atoms with E-state index in [4.69, 9.17) is 4.74 Å². The number of nitrogens with one attached hydrogen (secondary N) is 2. The second-order valence-corrected chi connectivity index (χ2v) is 7.41. The average molecular weight is 388 g/mol. The van der Waals surface area contributed by atoms with Gasteiger partial charge in [0, 0.05) is 18.5 Å². The molecule has 1 aromatic rings. The van der Waals surface area contributed by atoms with Crippen molar-refractivity contribution < 1.29 is 23.9 Å². The minimum Gasteiger partial charge on any atom is -0.456 e. The zero-order valence-corrected chi connectivity index (χ0v) is 16.5. The number of esters is 1. The molecule has 0 saturated heterocycles. The van der Waals surface area contributed by atoms with Crippen molar-refractivity contribution in [3.8, 4) is 0 Å². The van der Waals surface area contributed by atoms with Crippen LogP contribution in [0.4, 0.5) is 4.79 Å². The van der Waals surface area contributed by atoms with Crippen LogP contribution in [0.25, 0.3) is 0 Å². The molecule has 0 saturated carbocycles. The second-order valence-electron chi connectivity index (χ2n) is 7.41. The quantitative estimate of drug-likeness (QED) is 0.500. The van der Waals surface area contributed by atoms with Gasteiger partial charge in [0.15, 0.2) is 12.4 Å². The highest BCUT2D eigenvalue weighted by atomic mass is 16.5. The monoisotopic (exact) mass is 388 g/mol. The fourth-order valence-electron chi connectivity index (χ4n) is 3.00. The molecular weight excluding hydrogens is 360 g/mol. The van der Waals surface area contributed by atoms with Crippen LogP contribution in [0.1, 0.15) is 61.0 Å². The molecule has 0 aromatic heterocycles. The molecule has 1 aliphatic rings. The lowest BCUT2D eigenvalue weighted by atomic mass is 10.0. The Balaban J connectivity index is 1.64. The highest BCUT2D eigenvalue weighted by Crippen LogP contribution is 2.23. The summed E-state index contributed by atoms with van der Waals surface area (Å²) in [6.07, 6.45) is 3.86. The number of imide groups is 1. The van der Waals surface area contributed by atoms with Crippen molar-refractivity contribution in [2.45, 2.75) is 52.4 Å². The van der Waals surface area contributed by atoms with Crippen LogP contribution < -0.4 is 10.6 Å². The van der Waals surface area contributed by atoms with Crippen molar-refractivity contribution in [1.82, 2.24) is 10.6 Å². The van der Waals surface area contributed by atoms with Crippen molar-refractivity contribution >= 4 is 23.7 Å². The molecule has 0 unspecified atom stereocenters. The van der Waals surface area contributed by atoms with Crippen LogP contribution in [0.5, 0.6) is 0 Å². The maximum atomic E-state index is 12.2. The molecule has 3 amide bonds. The van der Waals surface area contributed by atoms with E-state index in [-0.39, 0.29) is 18.6 Å². The first-order valence-electron chi connectivity index (χ1n) is 9.73. The van der Waals surface area contributed by atoms with E-state index in [9.17, 15) is 19.2 Å². The smallest absolute Gasteiger partial charge is 0.321 e. The minimum absolute atomic E-state index is 0.0227. The van der Waals surface area contributed by atoms with Gasteiger partial charge in [0.2, 0.25) is 0 Å². The summed E-state index contributed by atoms with van der Waals surface area (Å²) in [6.45, 7) is 3.96. The maximum Gasteiger partial charge on any atom is 0.321 e. The highest BCUT2D eigenvalue weighted by molar-refractivity contribution is 5.98. The number of ketones is 1. The zero-order valence-electron chi connectivity index (χ0n) is 16.5. The van der Waals surface area contributed by atoms with Crippen LogP contribution >= 0.6 is 0 Å². The first-order chi connectivity index (χ1) is 13.3. The Kier molecular flexibility index (Phi) is 8.17.